The van der Waals surface area contributed by atoms with Gasteiger partial charge < -0.3 is 19.9 Å². The van der Waals surface area contributed by atoms with Crippen molar-refractivity contribution >= 4 is 11.9 Å². The number of carboxylic acids is 1. The van der Waals surface area contributed by atoms with Crippen molar-refractivity contribution in [1.82, 2.24) is 5.32 Å². The number of carbonyl (C=O) groups is 2. The number of hydrogen-bond acceptors (Lipinski definition) is 4. The summed E-state index contributed by atoms with van der Waals surface area (Å²) in [6, 6.07) is 9.56. The molecule has 0 spiro atoms. The number of rotatable bonds is 8. The number of halogens is 1. The van der Waals surface area contributed by atoms with Crippen LogP contribution in [0.4, 0.5) is 4.39 Å². The predicted molar refractivity (Wildman–Crippen MR) is 97.6 cm³/mol. The number of carbonyl (C=O) groups excluding carboxylic acids is 1. The van der Waals surface area contributed by atoms with E-state index in [1.807, 2.05) is 6.92 Å². The second kappa shape index (κ2) is 8.53. The molecule has 0 bridgehead atoms. The maximum Gasteiger partial charge on any atom is 0.333 e. The number of benzene rings is 2. The van der Waals surface area contributed by atoms with Crippen LogP contribution >= 0.6 is 0 Å². The molecular formula is C20H22FNO5. The van der Waals surface area contributed by atoms with Crippen LogP contribution in [0.15, 0.2) is 42.5 Å². The van der Waals surface area contributed by atoms with E-state index in [-0.39, 0.29) is 11.1 Å². The van der Waals surface area contributed by atoms with E-state index < -0.39 is 23.2 Å². The summed E-state index contributed by atoms with van der Waals surface area (Å²) >= 11 is 0. The van der Waals surface area contributed by atoms with Gasteiger partial charge in [-0.2, -0.15) is 0 Å². The Hall–Kier alpha value is -3.09. The first kappa shape index (κ1) is 20.2. The molecule has 27 heavy (non-hydrogen) atoms. The van der Waals surface area contributed by atoms with Gasteiger partial charge in [-0.25, -0.2) is 9.18 Å². The fourth-order valence-electron chi connectivity index (χ4n) is 2.52. The molecule has 0 fully saturated rings. The number of carboxylic acid groups (broad SMARTS) is 1. The van der Waals surface area contributed by atoms with Crippen LogP contribution in [0.1, 0.15) is 36.7 Å². The van der Waals surface area contributed by atoms with Gasteiger partial charge in [0, 0.05) is 5.56 Å². The van der Waals surface area contributed by atoms with E-state index in [2.05, 4.69) is 5.32 Å². The Kier molecular flexibility index (Phi) is 6.39. The largest absolute Gasteiger partial charge is 0.490 e. The molecule has 144 valence electrons. The van der Waals surface area contributed by atoms with Gasteiger partial charge in [0.05, 0.1) is 13.2 Å². The Morgan fingerprint density at radius 2 is 1.63 bits per heavy atom. The maximum absolute atomic E-state index is 13.2. The molecule has 1 atom stereocenters. The molecule has 6 nitrogen and oxygen atoms in total. The van der Waals surface area contributed by atoms with Gasteiger partial charge in [-0.05, 0) is 56.7 Å². The summed E-state index contributed by atoms with van der Waals surface area (Å²) in [5, 5.41) is 12.2. The minimum atomic E-state index is -1.73. The van der Waals surface area contributed by atoms with E-state index in [1.165, 1.54) is 31.2 Å². The van der Waals surface area contributed by atoms with E-state index >= 15 is 0 Å². The van der Waals surface area contributed by atoms with Crippen LogP contribution in [0.2, 0.25) is 0 Å². The average molecular weight is 375 g/mol. The summed E-state index contributed by atoms with van der Waals surface area (Å²) in [4.78, 5) is 24.5. The normalized spacial score (nSPS) is 12.7. The van der Waals surface area contributed by atoms with Crippen molar-refractivity contribution in [3.05, 3.63) is 59.4 Å². The fraction of sp³-hybridized carbons (Fsp3) is 0.300. The van der Waals surface area contributed by atoms with E-state index in [0.29, 0.717) is 24.7 Å². The van der Waals surface area contributed by atoms with Crippen molar-refractivity contribution < 1.29 is 28.6 Å². The highest BCUT2D eigenvalue weighted by Gasteiger charge is 2.37. The van der Waals surface area contributed by atoms with Gasteiger partial charge in [0.25, 0.3) is 5.91 Å². The molecular weight excluding hydrogens is 353 g/mol. The second-order valence-corrected chi connectivity index (χ2v) is 5.92. The van der Waals surface area contributed by atoms with E-state index in [0.717, 1.165) is 12.1 Å². The number of hydrogen-bond donors (Lipinski definition) is 2. The Morgan fingerprint density at radius 1 is 1.04 bits per heavy atom. The Morgan fingerprint density at radius 3 is 2.19 bits per heavy atom. The van der Waals surface area contributed by atoms with Gasteiger partial charge in [-0.3, -0.25) is 4.79 Å². The standard InChI is InChI=1S/C20H22FNO5/c1-4-26-16-11-6-13(12-17(16)27-5-2)18(23)22-20(3,19(24)25)14-7-9-15(21)10-8-14/h6-12H,4-5H2,1-3H3,(H,22,23)(H,24,25). The lowest BCUT2D eigenvalue weighted by atomic mass is 9.91. The van der Waals surface area contributed by atoms with Crippen LogP contribution in [-0.4, -0.2) is 30.2 Å². The number of nitrogens with one attached hydrogen (secondary N) is 1. The summed E-state index contributed by atoms with van der Waals surface area (Å²) in [6.07, 6.45) is 0. The lowest BCUT2D eigenvalue weighted by Crippen LogP contribution is -2.49. The maximum atomic E-state index is 13.2. The van der Waals surface area contributed by atoms with Crippen LogP contribution in [0.5, 0.6) is 11.5 Å². The molecule has 7 heteroatoms. The van der Waals surface area contributed by atoms with Crippen molar-refractivity contribution in [2.75, 3.05) is 13.2 Å². The number of aliphatic carboxylic acids is 1. The van der Waals surface area contributed by atoms with Crippen molar-refractivity contribution in [3.8, 4) is 11.5 Å². The highest BCUT2D eigenvalue weighted by atomic mass is 19.1. The van der Waals surface area contributed by atoms with Crippen LogP contribution in [0.25, 0.3) is 0 Å². The van der Waals surface area contributed by atoms with Gasteiger partial charge in [0.2, 0.25) is 0 Å². The zero-order valence-corrected chi connectivity index (χ0v) is 15.4. The fourth-order valence-corrected chi connectivity index (χ4v) is 2.52. The van der Waals surface area contributed by atoms with E-state index in [9.17, 15) is 19.1 Å². The smallest absolute Gasteiger partial charge is 0.333 e. The third-order valence-electron chi connectivity index (χ3n) is 4.02. The van der Waals surface area contributed by atoms with Gasteiger partial charge >= 0.3 is 5.97 Å². The highest BCUT2D eigenvalue weighted by molar-refractivity contribution is 5.98. The van der Waals surface area contributed by atoms with Gasteiger partial charge in [-0.1, -0.05) is 12.1 Å². The summed E-state index contributed by atoms with van der Waals surface area (Å²) in [6.45, 7) is 5.80. The first-order valence-corrected chi connectivity index (χ1v) is 8.53. The molecule has 0 aromatic heterocycles. The first-order chi connectivity index (χ1) is 12.8. The SMILES string of the molecule is CCOc1ccc(C(=O)NC(C)(C(=O)O)c2ccc(F)cc2)cc1OCC. The lowest BCUT2D eigenvalue weighted by Gasteiger charge is -2.27. The topological polar surface area (TPSA) is 84.9 Å². The monoisotopic (exact) mass is 375 g/mol. The second-order valence-electron chi connectivity index (χ2n) is 5.92. The number of ether oxygens (including phenoxy) is 2. The molecule has 1 unspecified atom stereocenters. The molecule has 0 saturated heterocycles. The zero-order valence-electron chi connectivity index (χ0n) is 15.4. The van der Waals surface area contributed by atoms with Crippen LogP contribution in [0.3, 0.4) is 0 Å². The summed E-state index contributed by atoms with van der Waals surface area (Å²) in [7, 11) is 0. The summed E-state index contributed by atoms with van der Waals surface area (Å²) in [5.41, 5.74) is -1.26. The Labute approximate surface area is 156 Å². The minimum Gasteiger partial charge on any atom is -0.490 e. The molecule has 1 amide bonds. The summed E-state index contributed by atoms with van der Waals surface area (Å²) in [5.74, 6) is -1.47. The Balaban J connectivity index is 2.34. The molecule has 2 N–H and O–H groups in total. The first-order valence-electron chi connectivity index (χ1n) is 8.53. The molecule has 0 aliphatic rings. The van der Waals surface area contributed by atoms with Crippen LogP contribution < -0.4 is 14.8 Å². The highest BCUT2D eigenvalue weighted by Crippen LogP contribution is 2.29. The van der Waals surface area contributed by atoms with Crippen molar-refractivity contribution in [2.45, 2.75) is 26.3 Å². The summed E-state index contributed by atoms with van der Waals surface area (Å²) < 4.78 is 24.1. The quantitative estimate of drug-likeness (QED) is 0.739. The molecule has 0 heterocycles. The van der Waals surface area contributed by atoms with Crippen LogP contribution in [-0.2, 0) is 10.3 Å². The third-order valence-corrected chi connectivity index (χ3v) is 4.02. The molecule has 2 rings (SSSR count). The van der Waals surface area contributed by atoms with Gasteiger partial charge in [-0.15, -0.1) is 0 Å². The Bertz CT molecular complexity index is 822. The van der Waals surface area contributed by atoms with Gasteiger partial charge in [0.1, 0.15) is 5.82 Å². The van der Waals surface area contributed by atoms with Crippen LogP contribution in [0, 0.1) is 5.82 Å². The molecule has 2 aromatic carbocycles. The van der Waals surface area contributed by atoms with Crippen molar-refractivity contribution in [3.63, 3.8) is 0 Å². The van der Waals surface area contributed by atoms with E-state index in [4.69, 9.17) is 9.47 Å². The molecule has 2 aromatic rings. The van der Waals surface area contributed by atoms with Crippen molar-refractivity contribution in [2.24, 2.45) is 0 Å². The molecule has 0 radical (unpaired) electrons. The molecule has 0 aliphatic carbocycles. The van der Waals surface area contributed by atoms with Gasteiger partial charge in [0.15, 0.2) is 17.0 Å². The molecule has 0 aliphatic heterocycles. The zero-order chi connectivity index (χ0) is 20.0. The third kappa shape index (κ3) is 4.55. The van der Waals surface area contributed by atoms with Crippen molar-refractivity contribution in [1.29, 1.82) is 0 Å². The number of amides is 1. The van der Waals surface area contributed by atoms with E-state index in [1.54, 1.807) is 13.0 Å². The minimum absolute atomic E-state index is 0.219. The molecule has 0 saturated carbocycles. The predicted octanol–water partition coefficient (Wildman–Crippen LogP) is 3.35. The lowest BCUT2D eigenvalue weighted by molar-refractivity contribution is -0.144. The average Bonchev–Trinajstić information content (AvgIpc) is 2.63.